The summed E-state index contributed by atoms with van der Waals surface area (Å²) in [5.74, 6) is 0. The molecule has 0 fully saturated rings. The smallest absolute Gasteiger partial charge is 0.332 e. The number of nitrogens with zero attached hydrogens (tertiary/aromatic N) is 3. The molecule has 1 aromatic carbocycles. The van der Waals surface area contributed by atoms with Crippen molar-refractivity contribution in [1.29, 1.82) is 0 Å². The first-order chi connectivity index (χ1) is 9.49. The SMILES string of the molecule is Cc1ccc(-n2nc(C)c(C=NNC(N)=O)c2Cl)cc1. The van der Waals surface area contributed by atoms with Crippen LogP contribution in [-0.2, 0) is 0 Å². The van der Waals surface area contributed by atoms with E-state index in [1.165, 1.54) is 6.21 Å². The number of nitrogens with two attached hydrogens (primary N) is 1. The number of amides is 2. The second-order valence-electron chi connectivity index (χ2n) is 4.27. The van der Waals surface area contributed by atoms with Crippen LogP contribution in [0.1, 0.15) is 16.8 Å². The average Bonchev–Trinajstić information content (AvgIpc) is 2.67. The van der Waals surface area contributed by atoms with E-state index in [0.717, 1.165) is 11.3 Å². The first kappa shape index (κ1) is 14.1. The van der Waals surface area contributed by atoms with Crippen molar-refractivity contribution in [2.24, 2.45) is 10.8 Å². The average molecular weight is 292 g/mol. The third-order valence-electron chi connectivity index (χ3n) is 2.69. The number of hydrogen-bond donors (Lipinski definition) is 2. The van der Waals surface area contributed by atoms with Crippen molar-refractivity contribution in [3.8, 4) is 5.69 Å². The Balaban J connectivity index is 2.35. The zero-order chi connectivity index (χ0) is 14.7. The molecule has 0 unspecified atom stereocenters. The van der Waals surface area contributed by atoms with E-state index in [-0.39, 0.29) is 0 Å². The first-order valence-corrected chi connectivity index (χ1v) is 6.27. The Bertz CT molecular complexity index is 660. The Morgan fingerprint density at radius 3 is 2.65 bits per heavy atom. The van der Waals surface area contributed by atoms with E-state index in [1.807, 2.05) is 38.1 Å². The number of carbonyl (C=O) groups is 1. The van der Waals surface area contributed by atoms with Crippen LogP contribution in [0.25, 0.3) is 5.69 Å². The summed E-state index contributed by atoms with van der Waals surface area (Å²) in [4.78, 5) is 10.6. The van der Waals surface area contributed by atoms with Gasteiger partial charge >= 0.3 is 6.03 Å². The maximum absolute atomic E-state index is 10.6. The van der Waals surface area contributed by atoms with Gasteiger partial charge in [-0.05, 0) is 26.0 Å². The first-order valence-electron chi connectivity index (χ1n) is 5.89. The van der Waals surface area contributed by atoms with Crippen molar-refractivity contribution >= 4 is 23.8 Å². The molecule has 0 spiro atoms. The summed E-state index contributed by atoms with van der Waals surface area (Å²) < 4.78 is 1.61. The third kappa shape index (κ3) is 2.97. The van der Waals surface area contributed by atoms with Crippen LogP contribution in [0.2, 0.25) is 5.15 Å². The van der Waals surface area contributed by atoms with Gasteiger partial charge in [0, 0.05) is 0 Å². The zero-order valence-corrected chi connectivity index (χ0v) is 11.8. The molecule has 2 rings (SSSR count). The van der Waals surface area contributed by atoms with Crippen LogP contribution in [0.4, 0.5) is 4.79 Å². The molecule has 1 heterocycles. The molecule has 0 radical (unpaired) electrons. The second-order valence-corrected chi connectivity index (χ2v) is 4.63. The zero-order valence-electron chi connectivity index (χ0n) is 11.1. The van der Waals surface area contributed by atoms with Crippen molar-refractivity contribution in [2.45, 2.75) is 13.8 Å². The highest BCUT2D eigenvalue weighted by Crippen LogP contribution is 2.22. The topological polar surface area (TPSA) is 85.3 Å². The van der Waals surface area contributed by atoms with E-state index in [1.54, 1.807) is 4.68 Å². The lowest BCUT2D eigenvalue weighted by Crippen LogP contribution is -2.24. The number of nitrogens with one attached hydrogen (secondary N) is 1. The summed E-state index contributed by atoms with van der Waals surface area (Å²) in [6, 6.07) is 7.07. The number of rotatable bonds is 3. The number of hydrazone groups is 1. The Labute approximate surface area is 121 Å². The van der Waals surface area contributed by atoms with E-state index < -0.39 is 6.03 Å². The molecule has 6 nitrogen and oxygen atoms in total. The molecule has 0 saturated carbocycles. The Morgan fingerprint density at radius 1 is 1.40 bits per heavy atom. The minimum Gasteiger partial charge on any atom is -0.350 e. The standard InChI is InChI=1S/C13H14ClN5O/c1-8-3-5-10(6-4-8)19-12(14)11(9(2)18-19)7-16-17-13(15)20/h3-7H,1-2H3,(H3,15,17,20). The highest BCUT2D eigenvalue weighted by Gasteiger charge is 2.13. The van der Waals surface area contributed by atoms with Crippen LogP contribution < -0.4 is 11.2 Å². The van der Waals surface area contributed by atoms with Gasteiger partial charge < -0.3 is 5.73 Å². The highest BCUT2D eigenvalue weighted by molar-refractivity contribution is 6.32. The highest BCUT2D eigenvalue weighted by atomic mass is 35.5. The van der Waals surface area contributed by atoms with E-state index in [4.69, 9.17) is 17.3 Å². The Kier molecular flexibility index (Phi) is 4.05. The summed E-state index contributed by atoms with van der Waals surface area (Å²) in [5.41, 5.74) is 10.4. The molecule has 1 aromatic heterocycles. The van der Waals surface area contributed by atoms with Crippen LogP contribution in [-0.4, -0.2) is 22.0 Å². The molecule has 0 aliphatic heterocycles. The van der Waals surface area contributed by atoms with Crippen LogP contribution in [0, 0.1) is 13.8 Å². The van der Waals surface area contributed by atoms with Crippen LogP contribution in [0.5, 0.6) is 0 Å². The molecular weight excluding hydrogens is 278 g/mol. The van der Waals surface area contributed by atoms with Gasteiger partial charge in [-0.2, -0.15) is 10.2 Å². The van der Waals surface area contributed by atoms with E-state index in [9.17, 15) is 4.79 Å². The van der Waals surface area contributed by atoms with Gasteiger partial charge in [0.25, 0.3) is 0 Å². The van der Waals surface area contributed by atoms with Gasteiger partial charge in [0.05, 0.1) is 23.2 Å². The van der Waals surface area contributed by atoms with Crippen molar-refractivity contribution in [3.63, 3.8) is 0 Å². The van der Waals surface area contributed by atoms with Gasteiger partial charge in [0.1, 0.15) is 5.15 Å². The predicted octanol–water partition coefficient (Wildman–Crippen LogP) is 2.14. The molecule has 7 heteroatoms. The second kappa shape index (κ2) is 5.75. The normalized spacial score (nSPS) is 10.9. The molecule has 0 saturated heterocycles. The number of halogens is 1. The quantitative estimate of drug-likeness (QED) is 0.670. The van der Waals surface area contributed by atoms with Gasteiger partial charge in [-0.15, -0.1) is 0 Å². The molecule has 2 amide bonds. The largest absolute Gasteiger partial charge is 0.350 e. The van der Waals surface area contributed by atoms with Gasteiger partial charge in [0.2, 0.25) is 0 Å². The van der Waals surface area contributed by atoms with Gasteiger partial charge in [-0.3, -0.25) is 0 Å². The fourth-order valence-electron chi connectivity index (χ4n) is 1.68. The van der Waals surface area contributed by atoms with Gasteiger partial charge in [-0.1, -0.05) is 29.3 Å². The minimum atomic E-state index is -0.735. The number of aromatic nitrogens is 2. The number of urea groups is 1. The van der Waals surface area contributed by atoms with E-state index in [0.29, 0.717) is 16.4 Å². The summed E-state index contributed by atoms with van der Waals surface area (Å²) in [6.07, 6.45) is 1.42. The summed E-state index contributed by atoms with van der Waals surface area (Å²) in [7, 11) is 0. The monoisotopic (exact) mass is 291 g/mol. The maximum atomic E-state index is 10.6. The molecule has 20 heavy (non-hydrogen) atoms. The fraction of sp³-hybridized carbons (Fsp3) is 0.154. The van der Waals surface area contributed by atoms with E-state index >= 15 is 0 Å². The predicted molar refractivity (Wildman–Crippen MR) is 78.4 cm³/mol. The lowest BCUT2D eigenvalue weighted by molar-refractivity contribution is 0.249. The van der Waals surface area contributed by atoms with Crippen molar-refractivity contribution in [2.75, 3.05) is 0 Å². The summed E-state index contributed by atoms with van der Waals surface area (Å²) in [5, 5.41) is 8.47. The van der Waals surface area contributed by atoms with Gasteiger partial charge in [-0.25, -0.2) is 14.9 Å². The van der Waals surface area contributed by atoms with Crippen molar-refractivity contribution in [1.82, 2.24) is 15.2 Å². The molecule has 2 aromatic rings. The molecule has 104 valence electrons. The van der Waals surface area contributed by atoms with Crippen LogP contribution in [0.15, 0.2) is 29.4 Å². The molecule has 3 N–H and O–H groups in total. The van der Waals surface area contributed by atoms with Crippen molar-refractivity contribution in [3.05, 3.63) is 46.2 Å². The molecular formula is C13H14ClN5O. The van der Waals surface area contributed by atoms with Crippen LogP contribution >= 0.6 is 11.6 Å². The third-order valence-corrected chi connectivity index (χ3v) is 3.06. The summed E-state index contributed by atoms with van der Waals surface area (Å²) >= 11 is 6.28. The number of aryl methyl sites for hydroxylation is 2. The molecule has 0 atom stereocenters. The molecule has 0 aliphatic rings. The molecule has 0 aliphatic carbocycles. The summed E-state index contributed by atoms with van der Waals surface area (Å²) in [6.45, 7) is 3.81. The number of benzene rings is 1. The number of primary amides is 1. The number of hydrogen-bond acceptors (Lipinski definition) is 3. The Morgan fingerprint density at radius 2 is 2.05 bits per heavy atom. The van der Waals surface area contributed by atoms with Gasteiger partial charge in [0.15, 0.2) is 0 Å². The maximum Gasteiger partial charge on any atom is 0.332 e. The van der Waals surface area contributed by atoms with E-state index in [2.05, 4.69) is 15.6 Å². The van der Waals surface area contributed by atoms with Crippen LogP contribution in [0.3, 0.4) is 0 Å². The minimum absolute atomic E-state index is 0.418. The Hall–Kier alpha value is -2.34. The fourth-order valence-corrected chi connectivity index (χ4v) is 2.00. The number of carbonyl (C=O) groups excluding carboxylic acids is 1. The molecule has 0 bridgehead atoms. The lowest BCUT2D eigenvalue weighted by atomic mass is 10.2. The van der Waals surface area contributed by atoms with Crippen molar-refractivity contribution < 1.29 is 4.79 Å². The lowest BCUT2D eigenvalue weighted by Gasteiger charge is -2.03.